The van der Waals surface area contributed by atoms with Gasteiger partial charge in [-0.15, -0.1) is 0 Å². The maximum Gasteiger partial charge on any atom is 0.219 e. The number of hydrogen-bond donors (Lipinski definition) is 0. The average Bonchev–Trinajstić information content (AvgIpc) is 2.99. The van der Waals surface area contributed by atoms with Crippen LogP contribution in [-0.4, -0.2) is 51.4 Å². The van der Waals surface area contributed by atoms with Crippen molar-refractivity contribution in [3.63, 3.8) is 0 Å². The van der Waals surface area contributed by atoms with E-state index < -0.39 is 0 Å². The molecule has 28 heavy (non-hydrogen) atoms. The molecule has 1 aromatic heterocycles. The first-order valence-electron chi connectivity index (χ1n) is 9.36. The third kappa shape index (κ3) is 4.17. The number of halogens is 2. The van der Waals surface area contributed by atoms with E-state index in [1.807, 2.05) is 41.3 Å². The Hall–Kier alpha value is -2.08. The number of fused-ring (bicyclic) bond motifs is 1. The quantitative estimate of drug-likeness (QED) is 0.643. The summed E-state index contributed by atoms with van der Waals surface area (Å²) in [5.74, 6) is 1.14. The number of aromatic nitrogens is 2. The van der Waals surface area contributed by atoms with Gasteiger partial charge >= 0.3 is 0 Å². The van der Waals surface area contributed by atoms with Crippen molar-refractivity contribution in [3.05, 3.63) is 63.9 Å². The number of benzene rings is 2. The Morgan fingerprint density at radius 2 is 1.75 bits per heavy atom. The summed E-state index contributed by atoms with van der Waals surface area (Å²) < 4.78 is 2.21. The Labute approximate surface area is 174 Å². The molecule has 3 aromatic rings. The normalized spacial score (nSPS) is 15.3. The highest BCUT2D eigenvalue weighted by molar-refractivity contribution is 6.31. The van der Waals surface area contributed by atoms with Crippen molar-refractivity contribution in [1.82, 2.24) is 19.4 Å². The van der Waals surface area contributed by atoms with E-state index in [2.05, 4.69) is 15.5 Å². The summed E-state index contributed by atoms with van der Waals surface area (Å²) in [6.45, 7) is 6.26. The highest BCUT2D eigenvalue weighted by atomic mass is 35.5. The number of imidazole rings is 1. The molecule has 1 aliphatic heterocycles. The molecular weight excluding hydrogens is 395 g/mol. The van der Waals surface area contributed by atoms with Crippen molar-refractivity contribution in [2.45, 2.75) is 20.0 Å². The highest BCUT2D eigenvalue weighted by Crippen LogP contribution is 2.24. The number of carbonyl (C=O) groups excluding carboxylic acids is 1. The summed E-state index contributed by atoms with van der Waals surface area (Å²) in [7, 11) is 0. The van der Waals surface area contributed by atoms with Crippen molar-refractivity contribution in [2.24, 2.45) is 0 Å². The molecule has 1 saturated heterocycles. The fraction of sp³-hybridized carbons (Fsp3) is 0.333. The lowest BCUT2D eigenvalue weighted by Gasteiger charge is -2.34. The molecule has 1 aliphatic rings. The molecular formula is C21H22Cl2N4O. The molecule has 2 heterocycles. The number of amides is 1. The van der Waals surface area contributed by atoms with Gasteiger partial charge in [0.05, 0.1) is 17.6 Å². The highest BCUT2D eigenvalue weighted by Gasteiger charge is 2.21. The Morgan fingerprint density at radius 3 is 2.46 bits per heavy atom. The van der Waals surface area contributed by atoms with Crippen LogP contribution in [0.15, 0.2) is 42.5 Å². The summed E-state index contributed by atoms with van der Waals surface area (Å²) >= 11 is 12.4. The van der Waals surface area contributed by atoms with Crippen LogP contribution in [0.5, 0.6) is 0 Å². The van der Waals surface area contributed by atoms with E-state index in [-0.39, 0.29) is 5.91 Å². The van der Waals surface area contributed by atoms with Crippen LogP contribution in [-0.2, 0) is 17.9 Å². The van der Waals surface area contributed by atoms with Gasteiger partial charge < -0.3 is 9.47 Å². The minimum absolute atomic E-state index is 0.141. The Kier molecular flexibility index (Phi) is 5.58. The van der Waals surface area contributed by atoms with Crippen molar-refractivity contribution in [1.29, 1.82) is 0 Å². The number of rotatable bonds is 4. The summed E-state index contributed by atoms with van der Waals surface area (Å²) in [4.78, 5) is 20.7. The fourth-order valence-electron chi connectivity index (χ4n) is 3.68. The van der Waals surface area contributed by atoms with Crippen LogP contribution in [0.25, 0.3) is 11.0 Å². The molecule has 4 rings (SSSR count). The summed E-state index contributed by atoms with van der Waals surface area (Å²) in [5, 5.41) is 1.42. The third-order valence-electron chi connectivity index (χ3n) is 5.20. The topological polar surface area (TPSA) is 41.4 Å². The Morgan fingerprint density at radius 1 is 1.00 bits per heavy atom. The van der Waals surface area contributed by atoms with Gasteiger partial charge in [0.2, 0.25) is 5.91 Å². The Bertz CT molecular complexity index is 1010. The van der Waals surface area contributed by atoms with Crippen LogP contribution >= 0.6 is 23.2 Å². The zero-order valence-corrected chi connectivity index (χ0v) is 17.2. The molecule has 0 atom stereocenters. The molecule has 0 aliphatic carbocycles. The van der Waals surface area contributed by atoms with E-state index in [1.165, 1.54) is 0 Å². The van der Waals surface area contributed by atoms with Gasteiger partial charge in [0.25, 0.3) is 0 Å². The monoisotopic (exact) mass is 416 g/mol. The zero-order valence-electron chi connectivity index (χ0n) is 15.7. The number of piperazine rings is 1. The predicted molar refractivity (Wildman–Crippen MR) is 113 cm³/mol. The average molecular weight is 417 g/mol. The van der Waals surface area contributed by atoms with Crippen molar-refractivity contribution in [3.8, 4) is 0 Å². The maximum atomic E-state index is 11.6. The molecule has 146 valence electrons. The molecule has 1 amide bonds. The van der Waals surface area contributed by atoms with Gasteiger partial charge in [-0.2, -0.15) is 0 Å². The first kappa shape index (κ1) is 19.2. The van der Waals surface area contributed by atoms with Gasteiger partial charge in [0.1, 0.15) is 5.82 Å². The molecule has 0 bridgehead atoms. The number of carbonyl (C=O) groups is 1. The molecule has 0 radical (unpaired) electrons. The first-order valence-corrected chi connectivity index (χ1v) is 10.1. The third-order valence-corrected chi connectivity index (χ3v) is 5.67. The van der Waals surface area contributed by atoms with Crippen molar-refractivity contribution < 1.29 is 4.79 Å². The lowest BCUT2D eigenvalue weighted by atomic mass is 10.2. The van der Waals surface area contributed by atoms with Gasteiger partial charge in [-0.25, -0.2) is 4.98 Å². The van der Waals surface area contributed by atoms with E-state index in [9.17, 15) is 4.79 Å². The lowest BCUT2D eigenvalue weighted by molar-refractivity contribution is -0.130. The van der Waals surface area contributed by atoms with Crippen LogP contribution in [0.1, 0.15) is 18.3 Å². The second-order valence-electron chi connectivity index (χ2n) is 7.16. The largest absolute Gasteiger partial charge is 0.340 e. The minimum Gasteiger partial charge on any atom is -0.340 e. The minimum atomic E-state index is 0.141. The smallest absolute Gasteiger partial charge is 0.219 e. The molecule has 5 nitrogen and oxygen atoms in total. The molecule has 0 unspecified atom stereocenters. The number of nitrogens with zero attached hydrogens (tertiary/aromatic N) is 4. The lowest BCUT2D eigenvalue weighted by Crippen LogP contribution is -2.47. The van der Waals surface area contributed by atoms with E-state index in [0.29, 0.717) is 11.6 Å². The second-order valence-corrected chi connectivity index (χ2v) is 8.03. The first-order chi connectivity index (χ1) is 13.5. The maximum absolute atomic E-state index is 11.6. The molecule has 2 aromatic carbocycles. The molecule has 0 N–H and O–H groups in total. The summed E-state index contributed by atoms with van der Waals surface area (Å²) in [6, 6.07) is 13.7. The van der Waals surface area contributed by atoms with Crippen LogP contribution in [0.3, 0.4) is 0 Å². The molecule has 1 fully saturated rings. The van der Waals surface area contributed by atoms with Crippen LogP contribution in [0, 0.1) is 0 Å². The van der Waals surface area contributed by atoms with Gasteiger partial charge in [0, 0.05) is 49.7 Å². The summed E-state index contributed by atoms with van der Waals surface area (Å²) in [6.07, 6.45) is 0. The van der Waals surface area contributed by atoms with E-state index in [1.54, 1.807) is 6.92 Å². The van der Waals surface area contributed by atoms with Crippen LogP contribution < -0.4 is 0 Å². The number of hydrogen-bond acceptors (Lipinski definition) is 3. The van der Waals surface area contributed by atoms with Crippen LogP contribution in [0.2, 0.25) is 10.0 Å². The van der Waals surface area contributed by atoms with Gasteiger partial charge in [-0.1, -0.05) is 35.3 Å². The zero-order chi connectivity index (χ0) is 19.7. The molecule has 0 saturated carbocycles. The fourth-order valence-corrected chi connectivity index (χ4v) is 4.06. The second kappa shape index (κ2) is 8.11. The van der Waals surface area contributed by atoms with Crippen molar-refractivity contribution >= 4 is 40.1 Å². The molecule has 7 heteroatoms. The van der Waals surface area contributed by atoms with E-state index in [0.717, 1.165) is 60.2 Å². The van der Waals surface area contributed by atoms with Gasteiger partial charge in [-0.05, 0) is 35.9 Å². The summed E-state index contributed by atoms with van der Waals surface area (Å²) in [5.41, 5.74) is 3.07. The standard InChI is InChI=1S/C21H22Cl2N4O/c1-15(28)26-9-7-25(8-10-26)14-21-24-19-6-5-18(23)12-20(19)27(21)13-16-3-2-4-17(22)11-16/h2-6,11-12H,7-10,13-14H2,1H3. The van der Waals surface area contributed by atoms with E-state index in [4.69, 9.17) is 28.2 Å². The van der Waals surface area contributed by atoms with Crippen LogP contribution in [0.4, 0.5) is 0 Å². The van der Waals surface area contributed by atoms with Crippen molar-refractivity contribution in [2.75, 3.05) is 26.2 Å². The van der Waals surface area contributed by atoms with E-state index >= 15 is 0 Å². The SMILES string of the molecule is CC(=O)N1CCN(Cc2nc3ccc(Cl)cc3n2Cc2cccc(Cl)c2)CC1. The van der Waals surface area contributed by atoms with Gasteiger partial charge in [0.15, 0.2) is 0 Å². The molecule has 0 spiro atoms. The predicted octanol–water partition coefficient (Wildman–Crippen LogP) is 4.06. The Balaban J connectivity index is 1.63. The van der Waals surface area contributed by atoms with Gasteiger partial charge in [-0.3, -0.25) is 9.69 Å².